The second-order valence-corrected chi connectivity index (χ2v) is 2.66. The van der Waals surface area contributed by atoms with E-state index in [9.17, 15) is 9.59 Å². The Morgan fingerprint density at radius 1 is 1.50 bits per heavy atom. The van der Waals surface area contributed by atoms with Crippen molar-refractivity contribution >= 4 is 11.9 Å². The van der Waals surface area contributed by atoms with Crippen LogP contribution in [0, 0.1) is 0 Å². The molecule has 1 unspecified atom stereocenters. The first-order chi connectivity index (χ1) is 6.61. The Kier molecular flexibility index (Phi) is 3.17. The molecule has 0 aliphatic rings. The molecule has 0 aromatic carbocycles. The molecule has 1 heterocycles. The molecule has 0 saturated heterocycles. The highest BCUT2D eigenvalue weighted by Gasteiger charge is 2.18. The molecule has 1 rings (SSSR count). The molecule has 1 atom stereocenters. The minimum atomic E-state index is -0.971. The number of carbonyl (C=O) groups excluding carboxylic acids is 2. The van der Waals surface area contributed by atoms with E-state index in [0.717, 1.165) is 0 Å². The molecular weight excluding hydrogens is 184 g/mol. The number of ether oxygens (including phenoxy) is 1. The van der Waals surface area contributed by atoms with Crippen molar-refractivity contribution in [2.75, 3.05) is 0 Å². The third-order valence-corrected chi connectivity index (χ3v) is 1.58. The molecule has 0 radical (unpaired) electrons. The van der Waals surface area contributed by atoms with E-state index in [2.05, 4.69) is 9.72 Å². The maximum atomic E-state index is 11.5. The number of pyridine rings is 1. The van der Waals surface area contributed by atoms with Crippen LogP contribution in [0.25, 0.3) is 0 Å². The van der Waals surface area contributed by atoms with Gasteiger partial charge in [-0.15, -0.1) is 0 Å². The summed E-state index contributed by atoms with van der Waals surface area (Å²) >= 11 is 0. The van der Waals surface area contributed by atoms with Gasteiger partial charge in [-0.3, -0.25) is 9.78 Å². The van der Waals surface area contributed by atoms with Gasteiger partial charge in [0.15, 0.2) is 6.10 Å². The second-order valence-electron chi connectivity index (χ2n) is 2.66. The first-order valence-electron chi connectivity index (χ1n) is 4.02. The van der Waals surface area contributed by atoms with Crippen LogP contribution in [0.5, 0.6) is 0 Å². The number of nitrogens with zero attached hydrogens (tertiary/aromatic N) is 1. The van der Waals surface area contributed by atoms with E-state index in [4.69, 9.17) is 5.73 Å². The number of primary amides is 1. The largest absolute Gasteiger partial charge is 0.438 e. The second kappa shape index (κ2) is 4.36. The third kappa shape index (κ3) is 2.55. The quantitative estimate of drug-likeness (QED) is 0.719. The van der Waals surface area contributed by atoms with Gasteiger partial charge >= 0.3 is 6.09 Å². The Morgan fingerprint density at radius 3 is 2.71 bits per heavy atom. The van der Waals surface area contributed by atoms with Crippen LogP contribution >= 0.6 is 0 Å². The van der Waals surface area contributed by atoms with Gasteiger partial charge in [0, 0.05) is 6.20 Å². The van der Waals surface area contributed by atoms with Gasteiger partial charge in [-0.2, -0.15) is 0 Å². The van der Waals surface area contributed by atoms with E-state index >= 15 is 0 Å². The van der Waals surface area contributed by atoms with Crippen LogP contribution in [0.15, 0.2) is 24.4 Å². The summed E-state index contributed by atoms with van der Waals surface area (Å²) in [7, 11) is 0. The zero-order chi connectivity index (χ0) is 10.6. The van der Waals surface area contributed by atoms with E-state index in [1.165, 1.54) is 13.1 Å². The molecule has 0 aliphatic carbocycles. The number of carbonyl (C=O) groups is 2. The molecule has 1 aromatic rings. The summed E-state index contributed by atoms with van der Waals surface area (Å²) in [5, 5.41) is 0. The lowest BCUT2D eigenvalue weighted by molar-refractivity contribution is 0.0690. The molecule has 2 N–H and O–H groups in total. The molecule has 74 valence electrons. The van der Waals surface area contributed by atoms with Gasteiger partial charge in [-0.05, 0) is 19.1 Å². The number of hydrogen-bond acceptors (Lipinski definition) is 4. The van der Waals surface area contributed by atoms with Crippen molar-refractivity contribution in [3.63, 3.8) is 0 Å². The maximum absolute atomic E-state index is 11.5. The smallest absolute Gasteiger partial charge is 0.405 e. The van der Waals surface area contributed by atoms with Crippen LogP contribution in [0.1, 0.15) is 17.4 Å². The Hall–Kier alpha value is -1.91. The summed E-state index contributed by atoms with van der Waals surface area (Å²) in [4.78, 5) is 25.7. The molecule has 0 aliphatic heterocycles. The van der Waals surface area contributed by atoms with Crippen molar-refractivity contribution in [1.82, 2.24) is 4.98 Å². The first kappa shape index (κ1) is 10.2. The first-order valence-corrected chi connectivity index (χ1v) is 4.02. The van der Waals surface area contributed by atoms with Crippen molar-refractivity contribution in [1.29, 1.82) is 0 Å². The number of aromatic nitrogens is 1. The van der Waals surface area contributed by atoms with Crippen LogP contribution in [0.2, 0.25) is 0 Å². The van der Waals surface area contributed by atoms with Crippen LogP contribution in [0.3, 0.4) is 0 Å². The van der Waals surface area contributed by atoms with Gasteiger partial charge < -0.3 is 10.5 Å². The average Bonchev–Trinajstić information content (AvgIpc) is 2.17. The zero-order valence-corrected chi connectivity index (χ0v) is 7.64. The number of ketones is 1. The molecule has 0 saturated carbocycles. The Morgan fingerprint density at radius 2 is 2.21 bits per heavy atom. The average molecular weight is 194 g/mol. The van der Waals surface area contributed by atoms with Gasteiger partial charge in [0.05, 0.1) is 0 Å². The summed E-state index contributed by atoms with van der Waals surface area (Å²) < 4.78 is 4.52. The molecule has 0 fully saturated rings. The number of amides is 1. The van der Waals surface area contributed by atoms with Crippen molar-refractivity contribution in [3.8, 4) is 0 Å². The number of hydrogen-bond donors (Lipinski definition) is 1. The third-order valence-electron chi connectivity index (χ3n) is 1.58. The van der Waals surface area contributed by atoms with E-state index in [-0.39, 0.29) is 11.5 Å². The Labute approximate surface area is 80.9 Å². The normalized spacial score (nSPS) is 11.8. The van der Waals surface area contributed by atoms with Crippen LogP contribution in [-0.2, 0) is 4.74 Å². The Balaban J connectivity index is 2.71. The highest BCUT2D eigenvalue weighted by molar-refractivity contribution is 5.98. The van der Waals surface area contributed by atoms with E-state index < -0.39 is 12.2 Å². The molecule has 5 nitrogen and oxygen atoms in total. The topological polar surface area (TPSA) is 82.3 Å². The zero-order valence-electron chi connectivity index (χ0n) is 7.64. The molecule has 5 heteroatoms. The van der Waals surface area contributed by atoms with Crippen molar-refractivity contribution in [2.45, 2.75) is 13.0 Å². The molecule has 1 aromatic heterocycles. The van der Waals surface area contributed by atoms with Gasteiger partial charge in [0.25, 0.3) is 0 Å². The fourth-order valence-corrected chi connectivity index (χ4v) is 0.945. The SMILES string of the molecule is CC(OC(N)=O)C(=O)c1ccccn1. The summed E-state index contributed by atoms with van der Waals surface area (Å²) in [5.41, 5.74) is 5.03. The van der Waals surface area contributed by atoms with Crippen molar-refractivity contribution in [2.24, 2.45) is 5.73 Å². The number of nitrogens with two attached hydrogens (primary N) is 1. The van der Waals surface area contributed by atoms with Gasteiger partial charge in [-0.1, -0.05) is 6.07 Å². The molecular formula is C9H10N2O3. The number of Topliss-reactive ketones (excluding diaryl/α,β-unsaturated/α-hetero) is 1. The number of rotatable bonds is 3. The standard InChI is InChI=1S/C9H10N2O3/c1-6(14-9(10)13)8(12)7-4-2-3-5-11-7/h2-6H,1H3,(H2,10,13). The van der Waals surface area contributed by atoms with E-state index in [0.29, 0.717) is 0 Å². The van der Waals surface area contributed by atoms with Crippen LogP contribution < -0.4 is 5.73 Å². The van der Waals surface area contributed by atoms with Crippen molar-refractivity contribution in [3.05, 3.63) is 30.1 Å². The fraction of sp³-hybridized carbons (Fsp3) is 0.222. The predicted octanol–water partition coefficient (Wildman–Crippen LogP) is 0.748. The summed E-state index contributed by atoms with van der Waals surface area (Å²) in [6.45, 7) is 1.45. The summed E-state index contributed by atoms with van der Waals surface area (Å²) in [5.74, 6) is -0.371. The van der Waals surface area contributed by atoms with Crippen LogP contribution in [0.4, 0.5) is 4.79 Å². The van der Waals surface area contributed by atoms with E-state index in [1.807, 2.05) is 0 Å². The van der Waals surface area contributed by atoms with Gasteiger partial charge in [0.1, 0.15) is 5.69 Å². The fourth-order valence-electron chi connectivity index (χ4n) is 0.945. The molecule has 0 bridgehead atoms. The summed E-state index contributed by atoms with van der Waals surface area (Å²) in [6, 6.07) is 4.91. The Bertz CT molecular complexity index is 337. The molecule has 14 heavy (non-hydrogen) atoms. The highest BCUT2D eigenvalue weighted by atomic mass is 16.6. The van der Waals surface area contributed by atoms with Crippen molar-refractivity contribution < 1.29 is 14.3 Å². The minimum absolute atomic E-state index is 0.251. The molecule has 0 spiro atoms. The highest BCUT2D eigenvalue weighted by Crippen LogP contribution is 2.02. The van der Waals surface area contributed by atoms with Crippen LogP contribution in [-0.4, -0.2) is 23.0 Å². The lowest BCUT2D eigenvalue weighted by Crippen LogP contribution is -2.27. The molecule has 1 amide bonds. The van der Waals surface area contributed by atoms with E-state index in [1.54, 1.807) is 18.2 Å². The predicted molar refractivity (Wildman–Crippen MR) is 48.7 cm³/mol. The van der Waals surface area contributed by atoms with Gasteiger partial charge in [-0.25, -0.2) is 4.79 Å². The minimum Gasteiger partial charge on any atom is -0.438 e. The lowest BCUT2D eigenvalue weighted by Gasteiger charge is -2.08. The van der Waals surface area contributed by atoms with Gasteiger partial charge in [0.2, 0.25) is 5.78 Å². The monoisotopic (exact) mass is 194 g/mol. The maximum Gasteiger partial charge on any atom is 0.405 e. The summed E-state index contributed by atoms with van der Waals surface area (Å²) in [6.07, 6.45) is -0.381. The lowest BCUT2D eigenvalue weighted by atomic mass is 10.2.